The van der Waals surface area contributed by atoms with Gasteiger partial charge in [0.15, 0.2) is 5.76 Å². The van der Waals surface area contributed by atoms with Crippen molar-refractivity contribution in [3.05, 3.63) is 60.1 Å². The van der Waals surface area contributed by atoms with E-state index in [0.29, 0.717) is 5.76 Å². The molecule has 0 aliphatic carbocycles. The van der Waals surface area contributed by atoms with Gasteiger partial charge in [0.25, 0.3) is 0 Å². The van der Waals surface area contributed by atoms with E-state index in [1.165, 1.54) is 0 Å². The molecular weight excluding hydrogens is 200 g/mol. The summed E-state index contributed by atoms with van der Waals surface area (Å²) in [6.07, 6.45) is 11.1. The Balaban J connectivity index is 4.14. The highest BCUT2D eigenvalue weighted by molar-refractivity contribution is 5.19. The summed E-state index contributed by atoms with van der Waals surface area (Å²) in [5.74, 6) is 0.640. The summed E-state index contributed by atoms with van der Waals surface area (Å²) in [5.41, 5.74) is 1.80. The van der Waals surface area contributed by atoms with Crippen molar-refractivity contribution in [1.82, 2.24) is 0 Å². The fourth-order valence-corrected chi connectivity index (χ4v) is 0.875. The van der Waals surface area contributed by atoms with Crippen LogP contribution < -0.4 is 0 Å². The Hall–Kier alpha value is -1.70. The number of hydrogen-bond donors (Lipinski definition) is 0. The van der Waals surface area contributed by atoms with E-state index in [1.807, 2.05) is 52.0 Å². The summed E-state index contributed by atoms with van der Waals surface area (Å²) in [4.78, 5) is 10.0. The zero-order valence-corrected chi connectivity index (χ0v) is 10.5. The molecule has 88 valence electrons. The van der Waals surface area contributed by atoms with E-state index in [-0.39, 0.29) is 0 Å². The Morgan fingerprint density at radius 1 is 1.12 bits per heavy atom. The Morgan fingerprint density at radius 2 is 1.81 bits per heavy atom. The van der Waals surface area contributed by atoms with Crippen molar-refractivity contribution in [3.8, 4) is 0 Å². The number of rotatable bonds is 6. The van der Waals surface area contributed by atoms with Crippen molar-refractivity contribution in [2.24, 2.45) is 0 Å². The molecule has 0 fully saturated rings. The van der Waals surface area contributed by atoms with E-state index in [1.54, 1.807) is 12.3 Å². The topological polar surface area (TPSA) is 18.5 Å². The Bertz CT molecular complexity index is 331. The largest absolute Gasteiger partial charge is 0.298 e. The van der Waals surface area contributed by atoms with Crippen molar-refractivity contribution in [2.75, 3.05) is 0 Å². The maximum Gasteiger partial charge on any atom is 0.176 e. The van der Waals surface area contributed by atoms with Crippen LogP contribution in [0.3, 0.4) is 0 Å². The lowest BCUT2D eigenvalue weighted by Gasteiger charge is -2.05. The summed E-state index contributed by atoms with van der Waals surface area (Å²) in [6, 6.07) is 0. The maximum atomic E-state index is 5.06. The van der Waals surface area contributed by atoms with Crippen LogP contribution in [0, 0.1) is 0 Å². The van der Waals surface area contributed by atoms with Crippen LogP contribution in [0.1, 0.15) is 27.7 Å². The predicted molar refractivity (Wildman–Crippen MR) is 68.5 cm³/mol. The third-order valence-corrected chi connectivity index (χ3v) is 1.72. The van der Waals surface area contributed by atoms with Crippen LogP contribution in [-0.4, -0.2) is 0 Å². The molecule has 0 saturated carbocycles. The van der Waals surface area contributed by atoms with Crippen molar-refractivity contribution in [2.45, 2.75) is 27.7 Å². The Morgan fingerprint density at radius 3 is 2.31 bits per heavy atom. The second-order valence-electron chi connectivity index (χ2n) is 3.36. The molecule has 0 spiro atoms. The lowest BCUT2D eigenvalue weighted by atomic mass is 10.3. The normalized spacial score (nSPS) is 13.5. The second kappa shape index (κ2) is 8.60. The van der Waals surface area contributed by atoms with Crippen LogP contribution in [0.2, 0.25) is 0 Å². The minimum absolute atomic E-state index is 0.640. The first-order chi connectivity index (χ1) is 7.61. The van der Waals surface area contributed by atoms with Crippen LogP contribution in [0.4, 0.5) is 0 Å². The van der Waals surface area contributed by atoms with Crippen LogP contribution in [-0.2, 0) is 9.78 Å². The summed E-state index contributed by atoms with van der Waals surface area (Å²) >= 11 is 0. The predicted octanol–water partition coefficient (Wildman–Crippen LogP) is 4.45. The molecule has 0 aromatic carbocycles. The zero-order chi connectivity index (χ0) is 12.4. The molecule has 0 radical (unpaired) electrons. The molecule has 0 bridgehead atoms. The third kappa shape index (κ3) is 6.71. The molecule has 0 heterocycles. The summed E-state index contributed by atoms with van der Waals surface area (Å²) < 4.78 is 0. The van der Waals surface area contributed by atoms with Gasteiger partial charge < -0.3 is 0 Å². The fraction of sp³-hybridized carbons (Fsp3) is 0.286. The van der Waals surface area contributed by atoms with Gasteiger partial charge in [-0.05, 0) is 44.9 Å². The van der Waals surface area contributed by atoms with Gasteiger partial charge in [0, 0.05) is 0 Å². The number of hydrogen-bond acceptors (Lipinski definition) is 2. The first kappa shape index (κ1) is 14.3. The van der Waals surface area contributed by atoms with Gasteiger partial charge in [-0.3, -0.25) is 9.78 Å². The Labute approximate surface area is 98.2 Å². The molecule has 0 aliphatic rings. The van der Waals surface area contributed by atoms with Crippen molar-refractivity contribution in [3.63, 3.8) is 0 Å². The molecule has 2 heteroatoms. The van der Waals surface area contributed by atoms with Crippen molar-refractivity contribution in [1.29, 1.82) is 0 Å². The fourth-order valence-electron chi connectivity index (χ4n) is 0.875. The standard InChI is InChI=1S/C14H20O2/c1-6-8-9-10-13(5)11-15-16-14(7-2)12(3)4/h6-11H,3H2,1-2,4-5H3/b8-6+,10-9-,13-11+,14-7-. The van der Waals surface area contributed by atoms with Gasteiger partial charge in [-0.25, -0.2) is 0 Å². The smallest absolute Gasteiger partial charge is 0.176 e. The van der Waals surface area contributed by atoms with Crippen molar-refractivity contribution >= 4 is 0 Å². The molecule has 0 N–H and O–H groups in total. The van der Waals surface area contributed by atoms with Gasteiger partial charge in [0.05, 0.1) is 0 Å². The maximum absolute atomic E-state index is 5.06. The average Bonchev–Trinajstić information content (AvgIpc) is 2.24. The molecule has 0 saturated heterocycles. The highest BCUT2D eigenvalue weighted by Gasteiger charge is 1.97. The lowest BCUT2D eigenvalue weighted by molar-refractivity contribution is -0.208. The van der Waals surface area contributed by atoms with E-state index in [2.05, 4.69) is 6.58 Å². The highest BCUT2D eigenvalue weighted by Crippen LogP contribution is 2.09. The van der Waals surface area contributed by atoms with Crippen LogP contribution in [0.25, 0.3) is 0 Å². The van der Waals surface area contributed by atoms with E-state index in [0.717, 1.165) is 11.1 Å². The van der Waals surface area contributed by atoms with Gasteiger partial charge in [-0.15, -0.1) is 0 Å². The first-order valence-corrected chi connectivity index (χ1v) is 5.23. The molecule has 0 rings (SSSR count). The van der Waals surface area contributed by atoms with E-state index < -0.39 is 0 Å². The first-order valence-electron chi connectivity index (χ1n) is 5.23. The van der Waals surface area contributed by atoms with E-state index in [9.17, 15) is 0 Å². The minimum Gasteiger partial charge on any atom is -0.298 e. The SMILES string of the molecule is C=C(C)/C(=C/C)OO/C=C(C)/C=C\C=C\C. The van der Waals surface area contributed by atoms with Crippen molar-refractivity contribution < 1.29 is 9.78 Å². The summed E-state index contributed by atoms with van der Waals surface area (Å²) in [6.45, 7) is 11.4. The lowest BCUT2D eigenvalue weighted by Crippen LogP contribution is -1.91. The van der Waals surface area contributed by atoms with Gasteiger partial charge in [-0.1, -0.05) is 30.9 Å². The molecule has 0 unspecified atom stereocenters. The molecule has 0 aliphatic heterocycles. The summed E-state index contributed by atoms with van der Waals surface area (Å²) in [7, 11) is 0. The molecule has 2 nitrogen and oxygen atoms in total. The quantitative estimate of drug-likeness (QED) is 0.285. The van der Waals surface area contributed by atoms with Crippen LogP contribution in [0.15, 0.2) is 60.1 Å². The average molecular weight is 220 g/mol. The van der Waals surface area contributed by atoms with E-state index in [4.69, 9.17) is 9.78 Å². The highest BCUT2D eigenvalue weighted by atomic mass is 17.2. The molecule has 0 amide bonds. The Kier molecular flexibility index (Phi) is 7.68. The molecule has 0 atom stereocenters. The molecule has 16 heavy (non-hydrogen) atoms. The monoisotopic (exact) mass is 220 g/mol. The van der Waals surface area contributed by atoms with E-state index >= 15 is 0 Å². The van der Waals surface area contributed by atoms with Gasteiger partial charge in [0.1, 0.15) is 6.26 Å². The van der Waals surface area contributed by atoms with Crippen LogP contribution in [0.5, 0.6) is 0 Å². The second-order valence-corrected chi connectivity index (χ2v) is 3.36. The zero-order valence-electron chi connectivity index (χ0n) is 10.5. The summed E-state index contributed by atoms with van der Waals surface area (Å²) in [5, 5.41) is 0. The minimum atomic E-state index is 0.640. The van der Waals surface area contributed by atoms with Gasteiger partial charge in [0.2, 0.25) is 0 Å². The molecule has 0 aromatic heterocycles. The molecule has 0 aromatic rings. The van der Waals surface area contributed by atoms with Gasteiger partial charge in [-0.2, -0.15) is 0 Å². The van der Waals surface area contributed by atoms with Crippen LogP contribution >= 0.6 is 0 Å². The van der Waals surface area contributed by atoms with Gasteiger partial charge >= 0.3 is 0 Å². The number of allylic oxidation sites excluding steroid dienone is 7. The molecular formula is C14H20O2. The third-order valence-electron chi connectivity index (χ3n) is 1.72.